The van der Waals surface area contributed by atoms with E-state index in [1.165, 1.54) is 21.9 Å². The number of methoxy groups -OCH3 is 1. The number of ether oxygens (including phenoxy) is 2. The highest BCUT2D eigenvalue weighted by Crippen LogP contribution is 2.32. The van der Waals surface area contributed by atoms with Crippen molar-refractivity contribution < 1.29 is 17.9 Å². The topological polar surface area (TPSA) is 68.7 Å². The van der Waals surface area contributed by atoms with Gasteiger partial charge in [-0.15, -0.1) is 0 Å². The summed E-state index contributed by atoms with van der Waals surface area (Å²) in [6.45, 7) is 1.00. The number of hydrogen-bond donors (Lipinski definition) is 0. The lowest BCUT2D eigenvalue weighted by molar-refractivity contribution is 0.135. The Morgan fingerprint density at radius 1 is 1.32 bits per heavy atom. The molecule has 2 aromatic rings. The molecule has 1 saturated heterocycles. The van der Waals surface area contributed by atoms with Crippen LogP contribution in [0.4, 0.5) is 0 Å². The molecule has 1 aliphatic rings. The van der Waals surface area contributed by atoms with E-state index in [0.717, 1.165) is 16.0 Å². The smallest absolute Gasteiger partial charge is 0.274 e. The van der Waals surface area contributed by atoms with E-state index in [1.807, 2.05) is 18.2 Å². The van der Waals surface area contributed by atoms with Crippen LogP contribution >= 0.6 is 11.3 Å². The van der Waals surface area contributed by atoms with E-state index in [4.69, 9.17) is 9.47 Å². The standard InChI is InChI=1S/C14H18N2O4S2/c1-19-11-3-4-13-12(9-11)15-14(21-13)20-10-5-7-16(8-6-10)22(2,17)18/h3-4,9-10H,5-8H2,1-2H3. The van der Waals surface area contributed by atoms with Gasteiger partial charge in [-0.1, -0.05) is 11.3 Å². The highest BCUT2D eigenvalue weighted by Gasteiger charge is 2.26. The Morgan fingerprint density at radius 2 is 2.05 bits per heavy atom. The van der Waals surface area contributed by atoms with Crippen molar-refractivity contribution in [1.82, 2.24) is 9.29 Å². The maximum atomic E-state index is 11.5. The van der Waals surface area contributed by atoms with Gasteiger partial charge in [0, 0.05) is 19.2 Å². The molecule has 6 nitrogen and oxygen atoms in total. The molecule has 0 atom stereocenters. The van der Waals surface area contributed by atoms with Crippen LogP contribution in [0.5, 0.6) is 10.9 Å². The number of hydrogen-bond acceptors (Lipinski definition) is 6. The van der Waals surface area contributed by atoms with Crippen molar-refractivity contribution in [3.63, 3.8) is 0 Å². The summed E-state index contributed by atoms with van der Waals surface area (Å²) in [6.07, 6.45) is 2.63. The third-order valence-corrected chi connectivity index (χ3v) is 5.94. The maximum absolute atomic E-state index is 11.5. The fourth-order valence-corrected chi connectivity index (χ4v) is 4.22. The van der Waals surface area contributed by atoms with Gasteiger partial charge in [0.05, 0.1) is 23.6 Å². The monoisotopic (exact) mass is 342 g/mol. The van der Waals surface area contributed by atoms with Crippen molar-refractivity contribution in [2.45, 2.75) is 18.9 Å². The van der Waals surface area contributed by atoms with Crippen molar-refractivity contribution in [3.05, 3.63) is 18.2 Å². The number of rotatable bonds is 4. The summed E-state index contributed by atoms with van der Waals surface area (Å²) in [5.74, 6) is 0.769. The number of thiazole rings is 1. The fourth-order valence-electron chi connectivity index (χ4n) is 2.49. The minimum Gasteiger partial charge on any atom is -0.497 e. The van der Waals surface area contributed by atoms with Crippen LogP contribution in [-0.2, 0) is 10.0 Å². The van der Waals surface area contributed by atoms with E-state index < -0.39 is 10.0 Å². The second kappa shape index (κ2) is 6.02. The molecule has 1 aromatic carbocycles. The first-order valence-corrected chi connectivity index (χ1v) is 9.68. The molecule has 2 heterocycles. The predicted molar refractivity (Wildman–Crippen MR) is 86.2 cm³/mol. The van der Waals surface area contributed by atoms with Gasteiger partial charge in [-0.3, -0.25) is 0 Å². The van der Waals surface area contributed by atoms with Crippen LogP contribution in [0.25, 0.3) is 10.2 Å². The van der Waals surface area contributed by atoms with Crippen LogP contribution in [-0.4, -0.2) is 50.3 Å². The van der Waals surface area contributed by atoms with Crippen LogP contribution in [0.3, 0.4) is 0 Å². The third kappa shape index (κ3) is 3.34. The minimum atomic E-state index is -3.10. The van der Waals surface area contributed by atoms with Gasteiger partial charge in [0.25, 0.3) is 5.19 Å². The quantitative estimate of drug-likeness (QED) is 0.851. The summed E-state index contributed by atoms with van der Waals surface area (Å²) < 4.78 is 36.6. The fraction of sp³-hybridized carbons (Fsp3) is 0.500. The highest BCUT2D eigenvalue weighted by atomic mass is 32.2. The first kappa shape index (κ1) is 15.5. The predicted octanol–water partition coefficient (Wildman–Crippen LogP) is 2.11. The van der Waals surface area contributed by atoms with Crippen molar-refractivity contribution in [2.24, 2.45) is 0 Å². The van der Waals surface area contributed by atoms with Gasteiger partial charge in [-0.25, -0.2) is 17.7 Å². The van der Waals surface area contributed by atoms with Gasteiger partial charge >= 0.3 is 0 Å². The summed E-state index contributed by atoms with van der Waals surface area (Å²) in [4.78, 5) is 4.47. The van der Waals surface area contributed by atoms with E-state index in [2.05, 4.69) is 4.98 Å². The Kier molecular flexibility index (Phi) is 4.24. The molecule has 0 bridgehead atoms. The average molecular weight is 342 g/mol. The van der Waals surface area contributed by atoms with Crippen molar-refractivity contribution in [2.75, 3.05) is 26.5 Å². The van der Waals surface area contributed by atoms with Gasteiger partial charge in [0.2, 0.25) is 10.0 Å². The van der Waals surface area contributed by atoms with E-state index in [0.29, 0.717) is 31.1 Å². The molecule has 0 amide bonds. The Balaban J connectivity index is 1.67. The number of nitrogens with zero attached hydrogens (tertiary/aromatic N) is 2. The lowest BCUT2D eigenvalue weighted by atomic mass is 10.1. The molecule has 22 heavy (non-hydrogen) atoms. The Morgan fingerprint density at radius 3 is 2.68 bits per heavy atom. The van der Waals surface area contributed by atoms with Gasteiger partial charge in [-0.2, -0.15) is 0 Å². The molecule has 0 N–H and O–H groups in total. The first-order chi connectivity index (χ1) is 10.5. The van der Waals surface area contributed by atoms with Crippen LogP contribution < -0.4 is 9.47 Å². The van der Waals surface area contributed by atoms with Crippen LogP contribution in [0.1, 0.15) is 12.8 Å². The summed E-state index contributed by atoms with van der Waals surface area (Å²) in [5.41, 5.74) is 0.855. The molecule has 0 unspecified atom stereocenters. The molecular formula is C14H18N2O4S2. The second-order valence-corrected chi connectivity index (χ2v) is 8.27. The van der Waals surface area contributed by atoms with Gasteiger partial charge in [-0.05, 0) is 25.0 Å². The summed E-state index contributed by atoms with van der Waals surface area (Å²) in [6, 6.07) is 5.74. The zero-order valence-corrected chi connectivity index (χ0v) is 14.1. The van der Waals surface area contributed by atoms with Crippen molar-refractivity contribution >= 4 is 31.6 Å². The lowest BCUT2D eigenvalue weighted by Gasteiger charge is -2.29. The zero-order chi connectivity index (χ0) is 15.7. The Bertz CT molecular complexity index is 764. The molecule has 120 valence electrons. The third-order valence-electron chi connectivity index (χ3n) is 3.71. The highest BCUT2D eigenvalue weighted by molar-refractivity contribution is 7.88. The number of aromatic nitrogens is 1. The first-order valence-electron chi connectivity index (χ1n) is 7.02. The van der Waals surface area contributed by atoms with Gasteiger partial charge in [0.15, 0.2) is 0 Å². The lowest BCUT2D eigenvalue weighted by Crippen LogP contribution is -2.41. The molecule has 0 aliphatic carbocycles. The number of benzene rings is 1. The average Bonchev–Trinajstić information content (AvgIpc) is 2.88. The summed E-state index contributed by atoms with van der Waals surface area (Å²) >= 11 is 1.50. The van der Waals surface area contributed by atoms with Crippen molar-refractivity contribution in [3.8, 4) is 10.9 Å². The summed E-state index contributed by atoms with van der Waals surface area (Å²) in [5, 5.41) is 0.626. The van der Waals surface area contributed by atoms with Crippen LogP contribution in [0.2, 0.25) is 0 Å². The molecule has 1 aromatic heterocycles. The molecule has 8 heteroatoms. The number of piperidine rings is 1. The van der Waals surface area contributed by atoms with Gasteiger partial charge < -0.3 is 9.47 Å². The van der Waals surface area contributed by atoms with Crippen LogP contribution in [0.15, 0.2) is 18.2 Å². The number of sulfonamides is 1. The summed E-state index contributed by atoms with van der Waals surface area (Å²) in [7, 11) is -1.47. The molecule has 0 spiro atoms. The van der Waals surface area contributed by atoms with E-state index >= 15 is 0 Å². The molecule has 3 rings (SSSR count). The SMILES string of the molecule is COc1ccc2sc(OC3CCN(S(C)(=O)=O)CC3)nc2c1. The van der Waals surface area contributed by atoms with Crippen molar-refractivity contribution in [1.29, 1.82) is 0 Å². The van der Waals surface area contributed by atoms with E-state index in [-0.39, 0.29) is 6.10 Å². The molecule has 0 saturated carbocycles. The second-order valence-electron chi connectivity index (χ2n) is 5.29. The Labute approximate surface area is 133 Å². The normalized spacial score (nSPS) is 17.7. The zero-order valence-electron chi connectivity index (χ0n) is 12.5. The minimum absolute atomic E-state index is 0.0143. The maximum Gasteiger partial charge on any atom is 0.274 e. The van der Waals surface area contributed by atoms with Gasteiger partial charge in [0.1, 0.15) is 11.9 Å². The number of fused-ring (bicyclic) bond motifs is 1. The van der Waals surface area contributed by atoms with E-state index in [1.54, 1.807) is 7.11 Å². The largest absolute Gasteiger partial charge is 0.497 e. The van der Waals surface area contributed by atoms with E-state index in [9.17, 15) is 8.42 Å². The Hall–Kier alpha value is -1.38. The molecule has 0 radical (unpaired) electrons. The van der Waals surface area contributed by atoms with Crippen LogP contribution in [0, 0.1) is 0 Å². The molecular weight excluding hydrogens is 324 g/mol. The molecule has 1 aliphatic heterocycles. The molecule has 1 fully saturated rings.